The molecular weight excluding hydrogens is 362 g/mol. The summed E-state index contributed by atoms with van der Waals surface area (Å²) in [4.78, 5) is 39.0. The molecule has 3 amide bonds. The predicted molar refractivity (Wildman–Crippen MR) is 94.4 cm³/mol. The molecule has 0 saturated carbocycles. The number of ether oxygens (including phenoxy) is 2. The van der Waals surface area contributed by atoms with Gasteiger partial charge in [0.2, 0.25) is 11.8 Å². The molecule has 1 atom stereocenters. The molecule has 0 bridgehead atoms. The summed E-state index contributed by atoms with van der Waals surface area (Å²) in [5.41, 5.74) is 0.635. The molecule has 2 aliphatic rings. The number of halogens is 1. The van der Waals surface area contributed by atoms with E-state index in [-0.39, 0.29) is 24.3 Å². The van der Waals surface area contributed by atoms with E-state index in [1.807, 2.05) is 0 Å². The molecule has 8 nitrogen and oxygen atoms in total. The van der Waals surface area contributed by atoms with Gasteiger partial charge in [-0.3, -0.25) is 9.59 Å². The molecule has 26 heavy (non-hydrogen) atoms. The minimum Gasteiger partial charge on any atom is -0.495 e. The van der Waals surface area contributed by atoms with Crippen LogP contribution in [0.4, 0.5) is 10.5 Å². The zero-order chi connectivity index (χ0) is 18.7. The third-order valence-corrected chi connectivity index (χ3v) is 4.76. The number of cyclic esters (lactones) is 1. The van der Waals surface area contributed by atoms with Crippen LogP contribution < -0.4 is 15.0 Å². The number of anilines is 1. The van der Waals surface area contributed by atoms with Crippen molar-refractivity contribution in [3.8, 4) is 5.75 Å². The van der Waals surface area contributed by atoms with E-state index < -0.39 is 5.92 Å². The molecule has 9 heteroatoms. The van der Waals surface area contributed by atoms with Gasteiger partial charge in [0.05, 0.1) is 24.6 Å². The molecule has 0 aromatic heterocycles. The summed E-state index contributed by atoms with van der Waals surface area (Å²) >= 11 is 6.11. The number of benzene rings is 1. The largest absolute Gasteiger partial charge is 0.495 e. The molecule has 1 aromatic rings. The molecule has 2 heterocycles. The topological polar surface area (TPSA) is 88.2 Å². The van der Waals surface area contributed by atoms with Gasteiger partial charge < -0.3 is 24.6 Å². The Labute approximate surface area is 156 Å². The van der Waals surface area contributed by atoms with Gasteiger partial charge in [-0.15, -0.1) is 0 Å². The number of amides is 3. The second-order valence-corrected chi connectivity index (χ2v) is 6.52. The number of nitrogens with one attached hydrogen (secondary N) is 1. The summed E-state index contributed by atoms with van der Waals surface area (Å²) < 4.78 is 9.94. The number of hydrogen-bond donors (Lipinski definition) is 1. The smallest absolute Gasteiger partial charge is 0.409 e. The van der Waals surface area contributed by atoms with Crippen LogP contribution in [0.5, 0.6) is 5.75 Å². The van der Waals surface area contributed by atoms with Crippen LogP contribution in [0.2, 0.25) is 5.02 Å². The Morgan fingerprint density at radius 3 is 2.88 bits per heavy atom. The molecule has 0 spiro atoms. The maximum atomic E-state index is 12.3. The van der Waals surface area contributed by atoms with Crippen LogP contribution in [-0.2, 0) is 14.3 Å². The van der Waals surface area contributed by atoms with Crippen LogP contribution in [0, 0.1) is 5.92 Å². The Morgan fingerprint density at radius 1 is 1.42 bits per heavy atom. The van der Waals surface area contributed by atoms with Crippen LogP contribution in [-0.4, -0.2) is 62.7 Å². The highest BCUT2D eigenvalue weighted by Gasteiger charge is 2.35. The van der Waals surface area contributed by atoms with Gasteiger partial charge in [-0.05, 0) is 18.2 Å². The average molecular weight is 382 g/mol. The number of carbonyl (C=O) groups is 3. The van der Waals surface area contributed by atoms with Gasteiger partial charge in [0.15, 0.2) is 0 Å². The summed E-state index contributed by atoms with van der Waals surface area (Å²) in [7, 11) is 1.52. The Bertz CT molecular complexity index is 726. The van der Waals surface area contributed by atoms with Crippen molar-refractivity contribution >= 4 is 35.2 Å². The second-order valence-electron chi connectivity index (χ2n) is 6.12. The maximum absolute atomic E-state index is 12.3. The van der Waals surface area contributed by atoms with Gasteiger partial charge in [0.1, 0.15) is 12.4 Å². The maximum Gasteiger partial charge on any atom is 0.409 e. The molecule has 2 saturated heterocycles. The number of nitrogens with zero attached hydrogens (tertiary/aromatic N) is 2. The number of carbonyl (C=O) groups excluding carboxylic acids is 3. The highest BCUT2D eigenvalue weighted by atomic mass is 35.5. The summed E-state index contributed by atoms with van der Waals surface area (Å²) in [6.07, 6.45) is -0.223. The lowest BCUT2D eigenvalue weighted by Gasteiger charge is -2.18. The zero-order valence-corrected chi connectivity index (χ0v) is 15.1. The highest BCUT2D eigenvalue weighted by Crippen LogP contribution is 2.32. The van der Waals surface area contributed by atoms with E-state index in [9.17, 15) is 14.4 Å². The van der Waals surface area contributed by atoms with Crippen molar-refractivity contribution in [2.75, 3.05) is 44.8 Å². The Kier molecular flexibility index (Phi) is 5.51. The first-order valence-corrected chi connectivity index (χ1v) is 8.70. The SMILES string of the molecule is COc1ccc(N2C[C@H](C(=O)NCCN3CCOC3=O)CC2=O)cc1Cl. The van der Waals surface area contributed by atoms with Crippen LogP contribution in [0.15, 0.2) is 18.2 Å². The molecule has 1 N–H and O–H groups in total. The van der Waals surface area contributed by atoms with Gasteiger partial charge in [0.25, 0.3) is 0 Å². The fourth-order valence-electron chi connectivity index (χ4n) is 3.04. The van der Waals surface area contributed by atoms with Crippen molar-refractivity contribution in [1.82, 2.24) is 10.2 Å². The molecule has 0 aliphatic carbocycles. The van der Waals surface area contributed by atoms with Gasteiger partial charge >= 0.3 is 6.09 Å². The van der Waals surface area contributed by atoms with Crippen molar-refractivity contribution in [2.24, 2.45) is 5.92 Å². The minimum absolute atomic E-state index is 0.130. The molecule has 140 valence electrons. The van der Waals surface area contributed by atoms with Crippen LogP contribution in [0.25, 0.3) is 0 Å². The number of hydrogen-bond acceptors (Lipinski definition) is 5. The lowest BCUT2D eigenvalue weighted by molar-refractivity contribution is -0.126. The number of rotatable bonds is 6. The van der Waals surface area contributed by atoms with E-state index in [1.54, 1.807) is 23.1 Å². The third kappa shape index (κ3) is 3.85. The van der Waals surface area contributed by atoms with E-state index in [0.717, 1.165) is 0 Å². The van der Waals surface area contributed by atoms with E-state index in [2.05, 4.69) is 5.32 Å². The minimum atomic E-state index is -0.436. The third-order valence-electron chi connectivity index (χ3n) is 4.47. The predicted octanol–water partition coefficient (Wildman–Crippen LogP) is 1.27. The Hall–Kier alpha value is -2.48. The molecule has 0 unspecified atom stereocenters. The molecule has 2 aliphatic heterocycles. The Balaban J connectivity index is 1.54. The van der Waals surface area contributed by atoms with E-state index >= 15 is 0 Å². The standard InChI is InChI=1S/C17H20ClN3O5/c1-25-14-3-2-12(9-13(14)18)21-10-11(8-15(21)22)16(23)19-4-5-20-6-7-26-17(20)24/h2-3,9,11H,4-8,10H2,1H3,(H,19,23)/t11-/m1/s1. The first-order chi connectivity index (χ1) is 12.5. The molecule has 3 rings (SSSR count). The lowest BCUT2D eigenvalue weighted by Crippen LogP contribution is -2.38. The van der Waals surface area contributed by atoms with Crippen molar-refractivity contribution in [3.63, 3.8) is 0 Å². The van der Waals surface area contributed by atoms with Crippen molar-refractivity contribution in [2.45, 2.75) is 6.42 Å². The fraction of sp³-hybridized carbons (Fsp3) is 0.471. The van der Waals surface area contributed by atoms with E-state index in [1.165, 1.54) is 12.0 Å². The van der Waals surface area contributed by atoms with Crippen molar-refractivity contribution in [3.05, 3.63) is 23.2 Å². The molecular formula is C17H20ClN3O5. The van der Waals surface area contributed by atoms with Gasteiger partial charge in [-0.25, -0.2) is 4.79 Å². The Morgan fingerprint density at radius 2 is 2.23 bits per heavy atom. The summed E-state index contributed by atoms with van der Waals surface area (Å²) in [6.45, 7) is 1.92. The summed E-state index contributed by atoms with van der Waals surface area (Å²) in [5.74, 6) is -0.242. The van der Waals surface area contributed by atoms with Crippen LogP contribution in [0.3, 0.4) is 0 Å². The number of methoxy groups -OCH3 is 1. The van der Waals surface area contributed by atoms with Gasteiger partial charge in [-0.1, -0.05) is 11.6 Å². The normalized spacial score (nSPS) is 19.7. The molecule has 1 aromatic carbocycles. The van der Waals surface area contributed by atoms with Crippen molar-refractivity contribution in [1.29, 1.82) is 0 Å². The molecule has 0 radical (unpaired) electrons. The van der Waals surface area contributed by atoms with Crippen LogP contribution >= 0.6 is 11.6 Å². The van der Waals surface area contributed by atoms with Gasteiger partial charge in [-0.2, -0.15) is 0 Å². The van der Waals surface area contributed by atoms with E-state index in [4.69, 9.17) is 21.1 Å². The quantitative estimate of drug-likeness (QED) is 0.801. The first kappa shape index (κ1) is 18.3. The second kappa shape index (κ2) is 7.82. The van der Waals surface area contributed by atoms with Gasteiger partial charge in [0, 0.05) is 31.7 Å². The first-order valence-electron chi connectivity index (χ1n) is 8.33. The fourth-order valence-corrected chi connectivity index (χ4v) is 3.30. The zero-order valence-electron chi connectivity index (χ0n) is 14.4. The highest BCUT2D eigenvalue weighted by molar-refractivity contribution is 6.32. The summed E-state index contributed by atoms with van der Waals surface area (Å²) in [5, 5.41) is 3.19. The average Bonchev–Trinajstić information content (AvgIpc) is 3.20. The summed E-state index contributed by atoms with van der Waals surface area (Å²) in [6, 6.07) is 5.08. The lowest BCUT2D eigenvalue weighted by atomic mass is 10.1. The van der Waals surface area contributed by atoms with Crippen molar-refractivity contribution < 1.29 is 23.9 Å². The van der Waals surface area contributed by atoms with E-state index in [0.29, 0.717) is 49.2 Å². The monoisotopic (exact) mass is 381 g/mol. The molecule has 2 fully saturated rings. The van der Waals surface area contributed by atoms with Crippen LogP contribution in [0.1, 0.15) is 6.42 Å².